The van der Waals surface area contributed by atoms with Crippen LogP contribution in [0.5, 0.6) is 0 Å². The van der Waals surface area contributed by atoms with Gasteiger partial charge in [0.05, 0.1) is 0 Å². The average molecular weight is 258 g/mol. The molecule has 2 aliphatic carbocycles. The largest absolute Gasteiger partial charge is 0.0683 e. The van der Waals surface area contributed by atoms with E-state index in [2.05, 4.69) is 32.9 Å². The van der Waals surface area contributed by atoms with Crippen molar-refractivity contribution in [1.29, 1.82) is 0 Å². The van der Waals surface area contributed by atoms with Gasteiger partial charge in [0.15, 0.2) is 0 Å². The van der Waals surface area contributed by atoms with E-state index in [9.17, 15) is 0 Å². The second-order valence-corrected chi connectivity index (χ2v) is 6.69. The molecule has 0 bridgehead atoms. The fraction of sp³-hybridized carbons (Fsp3) is 0.684. The van der Waals surface area contributed by atoms with E-state index in [0.717, 1.165) is 5.92 Å². The van der Waals surface area contributed by atoms with Gasteiger partial charge in [-0.1, -0.05) is 45.7 Å². The van der Waals surface area contributed by atoms with E-state index in [1.54, 1.807) is 11.1 Å². The van der Waals surface area contributed by atoms with E-state index >= 15 is 0 Å². The molecule has 0 heteroatoms. The van der Waals surface area contributed by atoms with Crippen LogP contribution in [0.4, 0.5) is 0 Å². The molecule has 2 aliphatic rings. The topological polar surface area (TPSA) is 0 Å². The van der Waals surface area contributed by atoms with Gasteiger partial charge in [-0.05, 0) is 73.1 Å². The summed E-state index contributed by atoms with van der Waals surface area (Å²) in [5.41, 5.74) is 7.09. The Labute approximate surface area is 119 Å². The summed E-state index contributed by atoms with van der Waals surface area (Å²) in [6, 6.07) is 4.64. The molecule has 19 heavy (non-hydrogen) atoms. The molecule has 1 aromatic carbocycles. The Hall–Kier alpha value is -0.780. The second-order valence-electron chi connectivity index (χ2n) is 6.69. The third kappa shape index (κ3) is 2.73. The first kappa shape index (κ1) is 14.6. The molecule has 1 aromatic rings. The summed E-state index contributed by atoms with van der Waals surface area (Å²) in [5.74, 6) is 0.964. The molecule has 1 saturated carbocycles. The molecule has 0 atom stereocenters. The fourth-order valence-corrected chi connectivity index (χ4v) is 3.96. The minimum absolute atomic E-state index is 0.645. The number of aryl methyl sites for hydroxylation is 2. The summed E-state index contributed by atoms with van der Waals surface area (Å²) in [6.07, 6.45) is 8.55. The third-order valence-corrected chi connectivity index (χ3v) is 5.34. The number of hydrogen-bond donors (Lipinski definition) is 0. The smallest absolute Gasteiger partial charge is 0.0213 e. The van der Waals surface area contributed by atoms with Gasteiger partial charge in [0, 0.05) is 0 Å². The molecule has 0 radical (unpaired) electrons. The zero-order valence-electron chi connectivity index (χ0n) is 13.5. The molecule has 1 spiro atoms. The number of hydrogen-bond acceptors (Lipinski definition) is 0. The maximum absolute atomic E-state index is 2.42. The summed E-state index contributed by atoms with van der Waals surface area (Å²) in [4.78, 5) is 0. The Bertz CT molecular complexity index is 401. The number of fused-ring (bicyclic) bond motifs is 1. The zero-order valence-corrected chi connectivity index (χ0v) is 13.5. The molecule has 0 unspecified atom stereocenters. The quantitative estimate of drug-likeness (QED) is 0.566. The van der Waals surface area contributed by atoms with E-state index in [-0.39, 0.29) is 0 Å². The van der Waals surface area contributed by atoms with Gasteiger partial charge in [-0.25, -0.2) is 0 Å². The maximum atomic E-state index is 2.42. The van der Waals surface area contributed by atoms with Crippen molar-refractivity contribution in [3.05, 3.63) is 34.4 Å². The van der Waals surface area contributed by atoms with Crippen molar-refractivity contribution in [3.63, 3.8) is 0 Å². The van der Waals surface area contributed by atoms with Crippen molar-refractivity contribution in [2.24, 2.45) is 11.3 Å². The highest BCUT2D eigenvalue weighted by molar-refractivity contribution is 5.45. The number of benzene rings is 1. The standard InChI is InChI=1S/C17H24.C2H6/c1-12-6-8-17(9-7-12)10-15-13(2)4-5-14(3)16(15)11-17;1-2/h4-5,12H,6-11H2,1-3H3;1-2H3. The lowest BCUT2D eigenvalue weighted by Gasteiger charge is -2.36. The van der Waals surface area contributed by atoms with E-state index in [1.165, 1.54) is 49.7 Å². The predicted octanol–water partition coefficient (Wildman–Crippen LogP) is 5.62. The molecule has 106 valence electrons. The SMILES string of the molecule is CC.Cc1ccc(C)c2c1CC1(CCC(C)CC1)C2. The van der Waals surface area contributed by atoms with Crippen LogP contribution < -0.4 is 0 Å². The molecule has 3 rings (SSSR count). The van der Waals surface area contributed by atoms with Crippen LogP contribution >= 0.6 is 0 Å². The zero-order chi connectivity index (χ0) is 14.0. The van der Waals surface area contributed by atoms with Gasteiger partial charge < -0.3 is 0 Å². The summed E-state index contributed by atoms with van der Waals surface area (Å²) >= 11 is 0. The first-order valence-electron chi connectivity index (χ1n) is 8.18. The van der Waals surface area contributed by atoms with E-state index < -0.39 is 0 Å². The van der Waals surface area contributed by atoms with Gasteiger partial charge >= 0.3 is 0 Å². The lowest BCUT2D eigenvalue weighted by Crippen LogP contribution is -2.27. The Kier molecular flexibility index (Phi) is 4.38. The van der Waals surface area contributed by atoms with Crippen molar-refractivity contribution in [2.45, 2.75) is 73.1 Å². The highest BCUT2D eigenvalue weighted by atomic mass is 14.4. The van der Waals surface area contributed by atoms with Crippen LogP contribution in [-0.2, 0) is 12.8 Å². The molecule has 1 fully saturated rings. The van der Waals surface area contributed by atoms with Crippen LogP contribution in [0, 0.1) is 25.2 Å². The van der Waals surface area contributed by atoms with Crippen LogP contribution in [0.25, 0.3) is 0 Å². The third-order valence-electron chi connectivity index (χ3n) is 5.34. The second kappa shape index (κ2) is 5.69. The van der Waals surface area contributed by atoms with Crippen LogP contribution in [0.15, 0.2) is 12.1 Å². The van der Waals surface area contributed by atoms with Gasteiger partial charge in [-0.15, -0.1) is 0 Å². The Balaban J connectivity index is 0.000000637. The van der Waals surface area contributed by atoms with Crippen molar-refractivity contribution in [2.75, 3.05) is 0 Å². The minimum atomic E-state index is 0.645. The Morgan fingerprint density at radius 2 is 1.32 bits per heavy atom. The van der Waals surface area contributed by atoms with Gasteiger partial charge in [-0.2, -0.15) is 0 Å². The average Bonchev–Trinajstić information content (AvgIpc) is 2.81. The number of rotatable bonds is 0. The van der Waals surface area contributed by atoms with Gasteiger partial charge in [0.1, 0.15) is 0 Å². The predicted molar refractivity (Wildman–Crippen MR) is 84.7 cm³/mol. The summed E-state index contributed by atoms with van der Waals surface area (Å²) in [5, 5.41) is 0. The summed E-state index contributed by atoms with van der Waals surface area (Å²) in [7, 11) is 0. The van der Waals surface area contributed by atoms with Crippen molar-refractivity contribution < 1.29 is 0 Å². The Morgan fingerprint density at radius 1 is 0.895 bits per heavy atom. The van der Waals surface area contributed by atoms with E-state index in [0.29, 0.717) is 5.41 Å². The first-order chi connectivity index (χ1) is 9.10. The van der Waals surface area contributed by atoms with Crippen LogP contribution in [0.2, 0.25) is 0 Å². The molecule has 0 nitrogen and oxygen atoms in total. The van der Waals surface area contributed by atoms with E-state index in [4.69, 9.17) is 0 Å². The maximum Gasteiger partial charge on any atom is -0.0213 e. The summed E-state index contributed by atoms with van der Waals surface area (Å²) in [6.45, 7) is 11.0. The fourth-order valence-electron chi connectivity index (χ4n) is 3.96. The Morgan fingerprint density at radius 3 is 1.74 bits per heavy atom. The van der Waals surface area contributed by atoms with Crippen LogP contribution in [0.1, 0.15) is 68.7 Å². The minimum Gasteiger partial charge on any atom is -0.0683 e. The van der Waals surface area contributed by atoms with Crippen LogP contribution in [0.3, 0.4) is 0 Å². The molecular formula is C19H30. The molecule has 0 N–H and O–H groups in total. The molecule has 0 amide bonds. The molecule has 0 saturated heterocycles. The van der Waals surface area contributed by atoms with Gasteiger partial charge in [0.25, 0.3) is 0 Å². The van der Waals surface area contributed by atoms with Crippen molar-refractivity contribution >= 4 is 0 Å². The highest BCUT2D eigenvalue weighted by Gasteiger charge is 2.40. The lowest BCUT2D eigenvalue weighted by atomic mass is 9.69. The molecule has 0 heterocycles. The van der Waals surface area contributed by atoms with Gasteiger partial charge in [0.2, 0.25) is 0 Å². The van der Waals surface area contributed by atoms with Crippen LogP contribution in [-0.4, -0.2) is 0 Å². The van der Waals surface area contributed by atoms with Gasteiger partial charge in [-0.3, -0.25) is 0 Å². The van der Waals surface area contributed by atoms with Crippen molar-refractivity contribution in [1.82, 2.24) is 0 Å². The highest BCUT2D eigenvalue weighted by Crippen LogP contribution is 2.49. The molecule has 0 aliphatic heterocycles. The summed E-state index contributed by atoms with van der Waals surface area (Å²) < 4.78 is 0. The first-order valence-corrected chi connectivity index (χ1v) is 8.18. The molecular weight excluding hydrogens is 228 g/mol. The van der Waals surface area contributed by atoms with Crippen molar-refractivity contribution in [3.8, 4) is 0 Å². The van der Waals surface area contributed by atoms with E-state index in [1.807, 2.05) is 13.8 Å². The normalized spacial score (nSPS) is 20.9. The monoisotopic (exact) mass is 258 g/mol. The molecule has 0 aromatic heterocycles. The lowest BCUT2D eigenvalue weighted by molar-refractivity contribution is 0.167.